The first-order valence-corrected chi connectivity index (χ1v) is 4.24. The number of methoxy groups -OCH3 is 1. The van der Waals surface area contributed by atoms with Gasteiger partial charge in [0.1, 0.15) is 5.82 Å². The molecule has 1 aromatic heterocycles. The number of anilines is 1. The van der Waals surface area contributed by atoms with Gasteiger partial charge in [-0.05, 0) is 0 Å². The highest BCUT2D eigenvalue weighted by molar-refractivity contribution is 5.86. The lowest BCUT2D eigenvalue weighted by Gasteiger charge is -2.13. The summed E-state index contributed by atoms with van der Waals surface area (Å²) in [4.78, 5) is 20.7. The molecular weight excluding hydrogens is 194 g/mol. The number of carbonyl (C=O) groups excluding carboxylic acids is 1. The van der Waals surface area contributed by atoms with Crippen LogP contribution in [0.1, 0.15) is 10.5 Å². The molecule has 0 unspecified atom stereocenters. The van der Waals surface area contributed by atoms with E-state index < -0.39 is 5.97 Å². The van der Waals surface area contributed by atoms with E-state index in [0.717, 1.165) is 0 Å². The zero-order valence-corrected chi connectivity index (χ0v) is 8.60. The number of aromatic nitrogens is 2. The Kier molecular flexibility index (Phi) is 3.63. The first kappa shape index (κ1) is 11.0. The maximum atomic E-state index is 11.0. The highest BCUT2D eigenvalue weighted by Gasteiger charge is 2.08. The minimum absolute atomic E-state index is 0.176. The fourth-order valence-corrected chi connectivity index (χ4v) is 0.946. The molecule has 0 aliphatic heterocycles. The third-order valence-corrected chi connectivity index (χ3v) is 1.75. The maximum absolute atomic E-state index is 11.0. The quantitative estimate of drug-likeness (QED) is 0.526. The van der Waals surface area contributed by atoms with E-state index >= 15 is 0 Å². The summed E-state index contributed by atoms with van der Waals surface area (Å²) in [6.45, 7) is 0.437. The van der Waals surface area contributed by atoms with Gasteiger partial charge in [0, 0.05) is 7.05 Å². The monoisotopic (exact) mass is 205 g/mol. The Morgan fingerprint density at radius 3 is 2.80 bits per heavy atom. The molecule has 0 atom stereocenters. The molecular formula is C10H11N3O2. The molecule has 0 bridgehead atoms. The van der Waals surface area contributed by atoms with Crippen molar-refractivity contribution in [3.63, 3.8) is 0 Å². The van der Waals surface area contributed by atoms with Crippen molar-refractivity contribution in [2.45, 2.75) is 0 Å². The summed E-state index contributed by atoms with van der Waals surface area (Å²) in [6, 6.07) is 0. The van der Waals surface area contributed by atoms with Crippen LogP contribution in [0.5, 0.6) is 0 Å². The number of hydrogen-bond donors (Lipinski definition) is 0. The second-order valence-electron chi connectivity index (χ2n) is 2.81. The Balaban J connectivity index is 2.81. The van der Waals surface area contributed by atoms with E-state index in [4.69, 9.17) is 6.42 Å². The number of esters is 1. The van der Waals surface area contributed by atoms with E-state index in [0.29, 0.717) is 12.4 Å². The lowest BCUT2D eigenvalue weighted by atomic mass is 10.4. The summed E-state index contributed by atoms with van der Waals surface area (Å²) in [7, 11) is 3.09. The maximum Gasteiger partial charge on any atom is 0.358 e. The summed E-state index contributed by atoms with van der Waals surface area (Å²) in [5.74, 6) is 2.59. The van der Waals surface area contributed by atoms with E-state index in [1.807, 2.05) is 0 Å². The van der Waals surface area contributed by atoms with Gasteiger partial charge >= 0.3 is 5.97 Å². The molecule has 5 heteroatoms. The highest BCUT2D eigenvalue weighted by atomic mass is 16.5. The Hall–Kier alpha value is -2.09. The molecule has 0 amide bonds. The third kappa shape index (κ3) is 2.68. The van der Waals surface area contributed by atoms with Gasteiger partial charge in [0.2, 0.25) is 0 Å². The molecule has 5 nitrogen and oxygen atoms in total. The van der Waals surface area contributed by atoms with Gasteiger partial charge in [-0.1, -0.05) is 5.92 Å². The molecule has 0 aliphatic carbocycles. The Bertz CT molecular complexity index is 381. The van der Waals surface area contributed by atoms with Crippen molar-refractivity contribution in [2.75, 3.05) is 25.6 Å². The van der Waals surface area contributed by atoms with Crippen LogP contribution in [0, 0.1) is 12.3 Å². The summed E-state index contributed by atoms with van der Waals surface area (Å²) in [6.07, 6.45) is 7.98. The number of nitrogens with zero attached hydrogens (tertiary/aromatic N) is 3. The van der Waals surface area contributed by atoms with Gasteiger partial charge in [0.15, 0.2) is 5.69 Å². The van der Waals surface area contributed by atoms with Crippen LogP contribution in [0.4, 0.5) is 5.82 Å². The zero-order chi connectivity index (χ0) is 11.3. The molecule has 0 N–H and O–H groups in total. The standard InChI is InChI=1S/C10H11N3O2/c1-4-5-13(2)9-7-11-8(6-12-9)10(14)15-3/h1,6-7H,5H2,2-3H3. The highest BCUT2D eigenvalue weighted by Crippen LogP contribution is 2.06. The lowest BCUT2D eigenvalue weighted by Crippen LogP contribution is -2.19. The number of carbonyl (C=O) groups is 1. The minimum atomic E-state index is -0.506. The number of terminal acetylenes is 1. The molecule has 0 aliphatic rings. The Morgan fingerprint density at radius 1 is 1.60 bits per heavy atom. The molecule has 15 heavy (non-hydrogen) atoms. The van der Waals surface area contributed by atoms with Crippen molar-refractivity contribution >= 4 is 11.8 Å². The molecule has 0 saturated heterocycles. The average molecular weight is 205 g/mol. The smallest absolute Gasteiger partial charge is 0.358 e. The van der Waals surface area contributed by atoms with E-state index in [1.54, 1.807) is 11.9 Å². The largest absolute Gasteiger partial charge is 0.464 e. The van der Waals surface area contributed by atoms with Crippen molar-refractivity contribution in [1.82, 2.24) is 9.97 Å². The van der Waals surface area contributed by atoms with Crippen molar-refractivity contribution < 1.29 is 9.53 Å². The molecule has 1 aromatic rings. The summed E-state index contributed by atoms with van der Waals surface area (Å²) >= 11 is 0. The van der Waals surface area contributed by atoms with Crippen LogP contribution in [0.25, 0.3) is 0 Å². The van der Waals surface area contributed by atoms with Crippen LogP contribution in [-0.4, -0.2) is 36.6 Å². The number of rotatable bonds is 3. The summed E-state index contributed by atoms with van der Waals surface area (Å²) < 4.78 is 4.50. The van der Waals surface area contributed by atoms with E-state index in [9.17, 15) is 4.79 Å². The first-order chi connectivity index (χ1) is 7.19. The van der Waals surface area contributed by atoms with Gasteiger partial charge < -0.3 is 9.64 Å². The van der Waals surface area contributed by atoms with Crippen molar-refractivity contribution in [2.24, 2.45) is 0 Å². The van der Waals surface area contributed by atoms with E-state index in [1.165, 1.54) is 19.5 Å². The predicted octanol–water partition coefficient (Wildman–Crippen LogP) is 0.333. The number of ether oxygens (including phenoxy) is 1. The second kappa shape index (κ2) is 4.96. The molecule has 0 spiro atoms. The molecule has 78 valence electrons. The van der Waals surface area contributed by atoms with Crippen molar-refractivity contribution in [3.8, 4) is 12.3 Å². The topological polar surface area (TPSA) is 55.3 Å². The van der Waals surface area contributed by atoms with E-state index in [2.05, 4.69) is 20.6 Å². The van der Waals surface area contributed by atoms with E-state index in [-0.39, 0.29) is 5.69 Å². The van der Waals surface area contributed by atoms with Crippen molar-refractivity contribution in [3.05, 3.63) is 18.1 Å². The number of hydrogen-bond acceptors (Lipinski definition) is 5. The molecule has 0 radical (unpaired) electrons. The molecule has 0 fully saturated rings. The normalized spacial score (nSPS) is 9.13. The first-order valence-electron chi connectivity index (χ1n) is 4.24. The van der Waals surface area contributed by atoms with Crippen molar-refractivity contribution in [1.29, 1.82) is 0 Å². The molecule has 0 aromatic carbocycles. The third-order valence-electron chi connectivity index (χ3n) is 1.75. The van der Waals surface area contributed by atoms with Crippen LogP contribution in [0.3, 0.4) is 0 Å². The van der Waals surface area contributed by atoms with Crippen LogP contribution in [0.2, 0.25) is 0 Å². The average Bonchev–Trinajstić information content (AvgIpc) is 2.28. The van der Waals surface area contributed by atoms with Gasteiger partial charge in [0.05, 0.1) is 26.0 Å². The zero-order valence-electron chi connectivity index (χ0n) is 8.60. The van der Waals surface area contributed by atoms with Crippen LogP contribution >= 0.6 is 0 Å². The Morgan fingerprint density at radius 2 is 2.33 bits per heavy atom. The predicted molar refractivity (Wildman–Crippen MR) is 55.5 cm³/mol. The van der Waals surface area contributed by atoms with Crippen LogP contribution < -0.4 is 4.90 Å². The fourth-order valence-electron chi connectivity index (χ4n) is 0.946. The van der Waals surface area contributed by atoms with Crippen LogP contribution in [-0.2, 0) is 4.74 Å². The summed E-state index contributed by atoms with van der Waals surface area (Å²) in [5, 5.41) is 0. The second-order valence-corrected chi connectivity index (χ2v) is 2.81. The van der Waals surface area contributed by atoms with Gasteiger partial charge in [-0.2, -0.15) is 0 Å². The van der Waals surface area contributed by atoms with Crippen LogP contribution in [0.15, 0.2) is 12.4 Å². The Labute approximate surface area is 88.1 Å². The molecule has 0 saturated carbocycles. The molecule has 1 heterocycles. The van der Waals surface area contributed by atoms with Gasteiger partial charge in [0.25, 0.3) is 0 Å². The summed E-state index contributed by atoms with van der Waals surface area (Å²) in [5.41, 5.74) is 0.176. The molecule has 1 rings (SSSR count). The fraction of sp³-hybridized carbons (Fsp3) is 0.300. The van der Waals surface area contributed by atoms with Gasteiger partial charge in [-0.25, -0.2) is 14.8 Å². The minimum Gasteiger partial charge on any atom is -0.464 e. The van der Waals surface area contributed by atoms with Gasteiger partial charge in [-0.15, -0.1) is 6.42 Å². The lowest BCUT2D eigenvalue weighted by molar-refractivity contribution is 0.0593. The SMILES string of the molecule is C#CCN(C)c1cnc(C(=O)OC)cn1. The van der Waals surface area contributed by atoms with Gasteiger partial charge in [-0.3, -0.25) is 0 Å².